The zero-order chi connectivity index (χ0) is 15.9. The standard InChI is InChI=1S/C14H8ClN3O3S/c15-7-3-1-6(2-4-7)11(19)10-8-5-9(13(20)21)22-12(8)18-14(16)17-10/h1-5H,(H,20,21)(H2,16,17,18). The maximum absolute atomic E-state index is 12.6. The van der Waals surface area contributed by atoms with Crippen molar-refractivity contribution in [2.75, 3.05) is 5.73 Å². The van der Waals surface area contributed by atoms with Gasteiger partial charge in [-0.2, -0.15) is 0 Å². The Morgan fingerprint density at radius 3 is 2.50 bits per heavy atom. The summed E-state index contributed by atoms with van der Waals surface area (Å²) in [6.07, 6.45) is 0. The Kier molecular flexibility index (Phi) is 3.51. The number of nitrogens with zero attached hydrogens (tertiary/aromatic N) is 2. The lowest BCUT2D eigenvalue weighted by molar-refractivity contribution is 0.0702. The molecule has 8 heteroatoms. The Bertz CT molecular complexity index is 906. The molecule has 2 aromatic heterocycles. The number of carbonyl (C=O) groups is 2. The molecule has 0 unspecified atom stereocenters. The van der Waals surface area contributed by atoms with Gasteiger partial charge in [-0.3, -0.25) is 4.79 Å². The van der Waals surface area contributed by atoms with Crippen molar-refractivity contribution in [3.05, 3.63) is 51.5 Å². The molecular formula is C14H8ClN3O3S. The second-order valence-electron chi connectivity index (χ2n) is 4.40. The van der Waals surface area contributed by atoms with Crippen molar-refractivity contribution in [1.82, 2.24) is 9.97 Å². The number of halogens is 1. The van der Waals surface area contributed by atoms with Gasteiger partial charge in [0.2, 0.25) is 11.7 Å². The molecule has 0 fully saturated rings. The molecule has 0 amide bonds. The van der Waals surface area contributed by atoms with Gasteiger partial charge in [0, 0.05) is 16.0 Å². The summed E-state index contributed by atoms with van der Waals surface area (Å²) < 4.78 is 0. The third kappa shape index (κ3) is 2.51. The van der Waals surface area contributed by atoms with Gasteiger partial charge in [0.05, 0.1) is 0 Å². The van der Waals surface area contributed by atoms with E-state index in [4.69, 9.17) is 22.4 Å². The minimum Gasteiger partial charge on any atom is -0.477 e. The molecular weight excluding hydrogens is 326 g/mol. The third-order valence-corrected chi connectivity index (χ3v) is 4.21. The van der Waals surface area contributed by atoms with Crippen LogP contribution in [0.15, 0.2) is 30.3 Å². The van der Waals surface area contributed by atoms with E-state index >= 15 is 0 Å². The van der Waals surface area contributed by atoms with E-state index in [1.165, 1.54) is 6.07 Å². The number of nitrogen functional groups attached to an aromatic ring is 1. The van der Waals surface area contributed by atoms with E-state index in [-0.39, 0.29) is 22.3 Å². The van der Waals surface area contributed by atoms with E-state index in [0.29, 0.717) is 20.8 Å². The lowest BCUT2D eigenvalue weighted by Gasteiger charge is -2.03. The van der Waals surface area contributed by atoms with Crippen LogP contribution in [0, 0.1) is 0 Å². The summed E-state index contributed by atoms with van der Waals surface area (Å²) in [7, 11) is 0. The molecule has 3 aromatic rings. The molecule has 0 saturated heterocycles. The van der Waals surface area contributed by atoms with Crippen molar-refractivity contribution in [2.24, 2.45) is 0 Å². The van der Waals surface area contributed by atoms with Gasteiger partial charge in [-0.1, -0.05) is 11.6 Å². The summed E-state index contributed by atoms with van der Waals surface area (Å²) in [6.45, 7) is 0. The van der Waals surface area contributed by atoms with Crippen LogP contribution in [0.4, 0.5) is 5.95 Å². The van der Waals surface area contributed by atoms with Crippen molar-refractivity contribution in [2.45, 2.75) is 0 Å². The highest BCUT2D eigenvalue weighted by atomic mass is 35.5. The predicted octanol–water partition coefficient (Wildman–Crippen LogP) is 2.86. The Morgan fingerprint density at radius 2 is 1.86 bits per heavy atom. The van der Waals surface area contributed by atoms with Gasteiger partial charge in [0.15, 0.2) is 0 Å². The summed E-state index contributed by atoms with van der Waals surface area (Å²) in [5.74, 6) is -1.54. The number of hydrogen-bond acceptors (Lipinski definition) is 6. The van der Waals surface area contributed by atoms with Gasteiger partial charge >= 0.3 is 5.97 Å². The average molecular weight is 334 g/mol. The van der Waals surface area contributed by atoms with Gasteiger partial charge in [-0.05, 0) is 30.3 Å². The summed E-state index contributed by atoms with van der Waals surface area (Å²) in [5, 5.41) is 9.94. The van der Waals surface area contributed by atoms with Crippen LogP contribution in [-0.4, -0.2) is 26.8 Å². The first-order valence-corrected chi connectivity index (χ1v) is 7.26. The zero-order valence-corrected chi connectivity index (χ0v) is 12.5. The number of anilines is 1. The molecule has 2 heterocycles. The molecule has 0 spiro atoms. The monoisotopic (exact) mass is 333 g/mol. The SMILES string of the molecule is Nc1nc(C(=O)c2ccc(Cl)cc2)c2cc(C(=O)O)sc2n1. The number of carbonyl (C=O) groups excluding carboxylic acids is 1. The number of aromatic carboxylic acids is 1. The molecule has 0 aliphatic rings. The molecule has 110 valence electrons. The second-order valence-corrected chi connectivity index (χ2v) is 5.87. The van der Waals surface area contributed by atoms with Crippen LogP contribution >= 0.6 is 22.9 Å². The number of aromatic nitrogens is 2. The van der Waals surface area contributed by atoms with Crippen LogP contribution in [0.25, 0.3) is 10.2 Å². The smallest absolute Gasteiger partial charge is 0.345 e. The number of carboxylic acids is 1. The molecule has 0 aliphatic carbocycles. The number of benzene rings is 1. The Labute approximate surface area is 133 Å². The highest BCUT2D eigenvalue weighted by Gasteiger charge is 2.20. The fourth-order valence-electron chi connectivity index (χ4n) is 1.95. The summed E-state index contributed by atoms with van der Waals surface area (Å²) in [4.78, 5) is 32.0. The van der Waals surface area contributed by atoms with Crippen LogP contribution in [0.3, 0.4) is 0 Å². The minimum atomic E-state index is -1.09. The molecule has 1 aromatic carbocycles. The Hall–Kier alpha value is -2.51. The zero-order valence-electron chi connectivity index (χ0n) is 10.9. The van der Waals surface area contributed by atoms with Crippen molar-refractivity contribution in [1.29, 1.82) is 0 Å². The van der Waals surface area contributed by atoms with Crippen molar-refractivity contribution in [3.8, 4) is 0 Å². The van der Waals surface area contributed by atoms with Crippen LogP contribution in [-0.2, 0) is 0 Å². The van der Waals surface area contributed by atoms with E-state index in [2.05, 4.69) is 9.97 Å². The van der Waals surface area contributed by atoms with Gasteiger partial charge in [0.25, 0.3) is 0 Å². The Balaban J connectivity index is 2.18. The minimum absolute atomic E-state index is 0.0695. The summed E-state index contributed by atoms with van der Waals surface area (Å²) >= 11 is 6.75. The first kappa shape index (κ1) is 14.4. The van der Waals surface area contributed by atoms with E-state index < -0.39 is 5.97 Å². The second kappa shape index (κ2) is 5.36. The first-order valence-electron chi connectivity index (χ1n) is 6.06. The van der Waals surface area contributed by atoms with Gasteiger partial charge < -0.3 is 10.8 Å². The van der Waals surface area contributed by atoms with E-state index in [0.717, 1.165) is 11.3 Å². The van der Waals surface area contributed by atoms with Crippen molar-refractivity contribution >= 4 is 50.9 Å². The lowest BCUT2D eigenvalue weighted by Crippen LogP contribution is -2.07. The van der Waals surface area contributed by atoms with Gasteiger partial charge in [0.1, 0.15) is 15.4 Å². The topological polar surface area (TPSA) is 106 Å². The number of nitrogens with two attached hydrogens (primary N) is 1. The number of hydrogen-bond donors (Lipinski definition) is 2. The fourth-order valence-corrected chi connectivity index (χ4v) is 2.96. The van der Waals surface area contributed by atoms with Crippen LogP contribution < -0.4 is 5.73 Å². The van der Waals surface area contributed by atoms with Crippen LogP contribution in [0.1, 0.15) is 25.7 Å². The van der Waals surface area contributed by atoms with Crippen LogP contribution in [0.2, 0.25) is 5.02 Å². The predicted molar refractivity (Wildman–Crippen MR) is 83.7 cm³/mol. The fraction of sp³-hybridized carbons (Fsp3) is 0. The Morgan fingerprint density at radius 1 is 1.18 bits per heavy atom. The highest BCUT2D eigenvalue weighted by molar-refractivity contribution is 7.20. The molecule has 0 radical (unpaired) electrons. The number of rotatable bonds is 3. The number of ketones is 1. The summed E-state index contributed by atoms with van der Waals surface area (Å²) in [5.41, 5.74) is 6.07. The number of thiophene rings is 1. The van der Waals surface area contributed by atoms with E-state index in [1.54, 1.807) is 24.3 Å². The van der Waals surface area contributed by atoms with E-state index in [9.17, 15) is 9.59 Å². The quantitative estimate of drug-likeness (QED) is 0.714. The largest absolute Gasteiger partial charge is 0.477 e. The number of fused-ring (bicyclic) bond motifs is 1. The number of carboxylic acid groups (broad SMARTS) is 1. The maximum atomic E-state index is 12.6. The molecule has 6 nitrogen and oxygen atoms in total. The van der Waals surface area contributed by atoms with Gasteiger partial charge in [-0.15, -0.1) is 11.3 Å². The molecule has 0 bridgehead atoms. The van der Waals surface area contributed by atoms with Crippen molar-refractivity contribution < 1.29 is 14.7 Å². The third-order valence-electron chi connectivity index (χ3n) is 2.94. The molecule has 0 atom stereocenters. The molecule has 3 rings (SSSR count). The average Bonchev–Trinajstić information content (AvgIpc) is 2.90. The molecule has 0 aliphatic heterocycles. The normalized spacial score (nSPS) is 10.8. The molecule has 0 saturated carbocycles. The molecule has 22 heavy (non-hydrogen) atoms. The lowest BCUT2D eigenvalue weighted by atomic mass is 10.1. The van der Waals surface area contributed by atoms with Gasteiger partial charge in [-0.25, -0.2) is 14.8 Å². The van der Waals surface area contributed by atoms with Crippen molar-refractivity contribution in [3.63, 3.8) is 0 Å². The highest BCUT2D eigenvalue weighted by Crippen LogP contribution is 2.28. The van der Waals surface area contributed by atoms with Crippen LogP contribution in [0.5, 0.6) is 0 Å². The maximum Gasteiger partial charge on any atom is 0.345 e. The summed E-state index contributed by atoms with van der Waals surface area (Å²) in [6, 6.07) is 7.70. The first-order chi connectivity index (χ1) is 10.5. The van der Waals surface area contributed by atoms with E-state index in [1.807, 2.05) is 0 Å². The molecule has 3 N–H and O–H groups in total.